The summed E-state index contributed by atoms with van der Waals surface area (Å²) >= 11 is -0.854. The van der Waals surface area contributed by atoms with Gasteiger partial charge in [0.25, 0.3) is 0 Å². The quantitative estimate of drug-likeness (QED) is 0.175. The first kappa shape index (κ1) is 23.2. The van der Waals surface area contributed by atoms with E-state index in [1.165, 1.54) is 4.90 Å². The fourth-order valence-electron chi connectivity index (χ4n) is 4.84. The maximum atomic E-state index is 13.5. The summed E-state index contributed by atoms with van der Waals surface area (Å²) in [7, 11) is 0. The Morgan fingerprint density at radius 3 is 2.72 bits per heavy atom. The molecule has 2 aromatic heterocycles. The molecule has 184 valence electrons. The number of ether oxygens (including phenoxy) is 1. The van der Waals surface area contributed by atoms with Crippen LogP contribution in [0.25, 0.3) is 5.57 Å². The van der Waals surface area contributed by atoms with E-state index in [0.29, 0.717) is 32.2 Å². The topological polar surface area (TPSA) is 137 Å². The number of rotatable bonds is 6. The van der Waals surface area contributed by atoms with Crippen molar-refractivity contribution < 1.29 is 35.8 Å². The van der Waals surface area contributed by atoms with Crippen LogP contribution in [0, 0.1) is 9.11 Å². The molecular formula is C26H24IN6O3-. The SMILES string of the molecule is N=C1C(=O)N(c2ccc(Oc3ccccc3)nc2)c2ccnc3c2C1=C(C(O)NC1CCC[C@H]1N)[I-]3. The van der Waals surface area contributed by atoms with Crippen molar-refractivity contribution in [2.24, 2.45) is 5.73 Å². The van der Waals surface area contributed by atoms with Crippen LogP contribution in [0.5, 0.6) is 11.6 Å². The van der Waals surface area contributed by atoms with E-state index in [0.717, 1.165) is 28.5 Å². The minimum atomic E-state index is -0.959. The molecule has 1 fully saturated rings. The van der Waals surface area contributed by atoms with Gasteiger partial charge in [0.05, 0.1) is 0 Å². The summed E-state index contributed by atoms with van der Waals surface area (Å²) in [5.74, 6) is 0.594. The predicted octanol–water partition coefficient (Wildman–Crippen LogP) is -0.262. The number of halogens is 1. The molecule has 6 rings (SSSR count). The maximum absolute atomic E-state index is 13.5. The van der Waals surface area contributed by atoms with Crippen LogP contribution in [0.1, 0.15) is 24.8 Å². The molecule has 3 aromatic rings. The summed E-state index contributed by atoms with van der Waals surface area (Å²) in [4.78, 5) is 23.9. The molecule has 9 nitrogen and oxygen atoms in total. The molecule has 0 saturated heterocycles. The summed E-state index contributed by atoms with van der Waals surface area (Å²) in [6.45, 7) is 0. The number of carbonyl (C=O) groups excluding carboxylic acids is 1. The molecule has 0 radical (unpaired) electrons. The van der Waals surface area contributed by atoms with E-state index in [4.69, 9.17) is 15.9 Å². The Morgan fingerprint density at radius 2 is 2.00 bits per heavy atom. The predicted molar refractivity (Wildman–Crippen MR) is 130 cm³/mol. The molecule has 0 bridgehead atoms. The fourth-order valence-corrected chi connectivity index (χ4v) is 7.79. The van der Waals surface area contributed by atoms with Gasteiger partial charge in [-0.3, -0.25) is 0 Å². The Kier molecular flexibility index (Phi) is 6.04. The third-order valence-corrected chi connectivity index (χ3v) is 9.64. The molecule has 3 aliphatic rings. The van der Waals surface area contributed by atoms with Crippen LogP contribution < -0.4 is 41.9 Å². The van der Waals surface area contributed by atoms with Crippen molar-refractivity contribution in [2.45, 2.75) is 37.6 Å². The number of pyridine rings is 2. The second kappa shape index (κ2) is 9.36. The van der Waals surface area contributed by atoms with Gasteiger partial charge in [0, 0.05) is 0 Å². The number of aliphatic hydroxyl groups is 1. The zero-order valence-corrected chi connectivity index (χ0v) is 21.3. The molecule has 3 atom stereocenters. The van der Waals surface area contributed by atoms with Crippen molar-refractivity contribution in [3.8, 4) is 11.6 Å². The van der Waals surface area contributed by atoms with E-state index in [2.05, 4.69) is 15.3 Å². The van der Waals surface area contributed by atoms with E-state index >= 15 is 0 Å². The number of benzene rings is 1. The number of nitrogens with two attached hydrogens (primary N) is 1. The second-order valence-electron chi connectivity index (χ2n) is 8.87. The molecular weight excluding hydrogens is 571 g/mol. The van der Waals surface area contributed by atoms with Gasteiger partial charge in [0.1, 0.15) is 0 Å². The molecule has 36 heavy (non-hydrogen) atoms. The van der Waals surface area contributed by atoms with Gasteiger partial charge in [0.2, 0.25) is 0 Å². The Bertz CT molecular complexity index is 1380. The summed E-state index contributed by atoms with van der Waals surface area (Å²) in [6, 6.07) is 14.6. The van der Waals surface area contributed by atoms with E-state index in [9.17, 15) is 9.90 Å². The van der Waals surface area contributed by atoms with Gasteiger partial charge < -0.3 is 0 Å². The number of anilines is 2. The normalized spacial score (nSPS) is 21.9. The van der Waals surface area contributed by atoms with Gasteiger partial charge in [-0.25, -0.2) is 0 Å². The Morgan fingerprint density at radius 1 is 1.17 bits per heavy atom. The first-order valence-electron chi connectivity index (χ1n) is 11.7. The summed E-state index contributed by atoms with van der Waals surface area (Å²) in [6.07, 6.45) is 5.12. The third-order valence-electron chi connectivity index (χ3n) is 6.60. The number of carbonyl (C=O) groups is 1. The van der Waals surface area contributed by atoms with Crippen LogP contribution in [0.2, 0.25) is 0 Å². The number of nitrogens with zero attached hydrogens (tertiary/aromatic N) is 3. The van der Waals surface area contributed by atoms with Gasteiger partial charge in [-0.05, 0) is 0 Å². The van der Waals surface area contributed by atoms with Crippen LogP contribution in [-0.2, 0) is 4.79 Å². The minimum absolute atomic E-state index is 0.00909. The van der Waals surface area contributed by atoms with Crippen molar-refractivity contribution in [3.05, 3.63) is 73.8 Å². The zero-order chi connectivity index (χ0) is 24.8. The first-order chi connectivity index (χ1) is 17.5. The third kappa shape index (κ3) is 3.99. The molecule has 2 unspecified atom stereocenters. The first-order valence-corrected chi connectivity index (χ1v) is 13.9. The molecule has 1 aliphatic carbocycles. The monoisotopic (exact) mass is 595 g/mol. The summed E-state index contributed by atoms with van der Waals surface area (Å²) < 4.78 is 7.31. The average molecular weight is 595 g/mol. The molecule has 1 amide bonds. The second-order valence-corrected chi connectivity index (χ2v) is 11.6. The number of aromatic nitrogens is 2. The number of hydrogen-bond donors (Lipinski definition) is 4. The molecule has 1 saturated carbocycles. The zero-order valence-electron chi connectivity index (χ0n) is 19.2. The van der Waals surface area contributed by atoms with Gasteiger partial charge in [-0.15, -0.1) is 0 Å². The number of aliphatic hydroxyl groups excluding tert-OH is 1. The van der Waals surface area contributed by atoms with Crippen LogP contribution in [0.4, 0.5) is 11.4 Å². The molecule has 2 aliphatic heterocycles. The van der Waals surface area contributed by atoms with Crippen molar-refractivity contribution >= 4 is 28.6 Å². The Hall–Kier alpha value is -3.19. The fraction of sp³-hybridized carbons (Fsp3) is 0.231. The van der Waals surface area contributed by atoms with Crippen molar-refractivity contribution in [1.82, 2.24) is 15.3 Å². The number of nitrogens with one attached hydrogen (secondary N) is 2. The van der Waals surface area contributed by atoms with Gasteiger partial charge >= 0.3 is 213 Å². The number of hydrogen-bond acceptors (Lipinski definition) is 8. The average Bonchev–Trinajstić information content (AvgIpc) is 3.48. The number of para-hydroxylation sites is 1. The van der Waals surface area contributed by atoms with E-state index in [1.807, 2.05) is 30.3 Å². The van der Waals surface area contributed by atoms with E-state index in [-0.39, 0.29) is 17.8 Å². The van der Waals surface area contributed by atoms with Crippen molar-refractivity contribution in [2.75, 3.05) is 4.90 Å². The summed E-state index contributed by atoms with van der Waals surface area (Å²) in [5, 5.41) is 23.1. The Labute approximate surface area is 218 Å². The Balaban J connectivity index is 1.33. The van der Waals surface area contributed by atoms with Crippen LogP contribution in [0.3, 0.4) is 0 Å². The van der Waals surface area contributed by atoms with Crippen LogP contribution >= 0.6 is 0 Å². The van der Waals surface area contributed by atoms with Crippen LogP contribution in [0.15, 0.2) is 64.5 Å². The van der Waals surface area contributed by atoms with E-state index < -0.39 is 33.3 Å². The molecule has 1 aromatic carbocycles. The number of amides is 1. The molecule has 10 heteroatoms. The van der Waals surface area contributed by atoms with Crippen molar-refractivity contribution in [1.29, 1.82) is 5.41 Å². The van der Waals surface area contributed by atoms with Gasteiger partial charge in [0.15, 0.2) is 0 Å². The molecule has 4 heterocycles. The van der Waals surface area contributed by atoms with Crippen molar-refractivity contribution in [3.63, 3.8) is 0 Å². The van der Waals surface area contributed by atoms with Gasteiger partial charge in [-0.1, -0.05) is 6.07 Å². The summed E-state index contributed by atoms with van der Waals surface area (Å²) in [5.41, 5.74) is 8.48. The van der Waals surface area contributed by atoms with Crippen LogP contribution in [-0.4, -0.2) is 45.0 Å². The van der Waals surface area contributed by atoms with Gasteiger partial charge in [-0.2, -0.15) is 0 Å². The van der Waals surface area contributed by atoms with E-state index in [1.54, 1.807) is 30.6 Å². The molecule has 0 spiro atoms. The standard InChI is InChI=1S/C26H24IN6O3/c28-16-7-4-8-17(16)32-25(34)22-21-20-18(11-12-30-24(20)27-22)33(26(35)23(21)29)14-9-10-19(31-13-14)36-15-5-2-1-3-6-15/h1-3,5-6,9-13,16-17,25,29,32,34H,4,7-8,28H2/q-1/t16-,17?,25?/m1/s1. The molecule has 5 N–H and O–H groups in total.